The molecule has 0 radical (unpaired) electrons. The van der Waals surface area contributed by atoms with Crippen LogP contribution in [-0.2, 0) is 4.74 Å². The van der Waals surface area contributed by atoms with Gasteiger partial charge >= 0.3 is 0 Å². The van der Waals surface area contributed by atoms with Crippen LogP contribution in [0.15, 0.2) is 24.4 Å². The predicted octanol–water partition coefficient (Wildman–Crippen LogP) is 1.57. The Morgan fingerprint density at radius 2 is 2.37 bits per heavy atom. The molecule has 0 spiro atoms. The molecule has 1 aliphatic heterocycles. The maximum atomic E-state index is 9.26. The second-order valence-corrected chi connectivity index (χ2v) is 4.36. The molecule has 2 aromatic rings. The lowest BCUT2D eigenvalue weighted by Crippen LogP contribution is -2.04. The summed E-state index contributed by atoms with van der Waals surface area (Å²) in [6.45, 7) is 0.700. The highest BCUT2D eigenvalue weighted by Gasteiger charge is 2.27. The molecule has 0 aliphatic carbocycles. The monoisotopic (exact) mass is 255 g/mol. The van der Waals surface area contributed by atoms with Gasteiger partial charge in [-0.15, -0.1) is 0 Å². The van der Waals surface area contributed by atoms with E-state index in [4.69, 9.17) is 10.5 Å². The van der Waals surface area contributed by atoms with Gasteiger partial charge in [0.1, 0.15) is 29.2 Å². The number of anilines is 1. The first-order valence-electron chi connectivity index (χ1n) is 6.12. The molecule has 0 aromatic carbocycles. The van der Waals surface area contributed by atoms with E-state index in [1.807, 2.05) is 12.1 Å². The van der Waals surface area contributed by atoms with Crippen molar-refractivity contribution < 1.29 is 4.74 Å². The highest BCUT2D eigenvalue weighted by molar-refractivity contribution is 5.55. The first-order chi connectivity index (χ1) is 9.31. The van der Waals surface area contributed by atoms with E-state index in [0.717, 1.165) is 12.8 Å². The predicted molar refractivity (Wildman–Crippen MR) is 68.4 cm³/mol. The number of pyridine rings is 1. The van der Waals surface area contributed by atoms with Crippen LogP contribution in [0.1, 0.15) is 30.2 Å². The number of nitrogen functional groups attached to an aromatic ring is 1. The van der Waals surface area contributed by atoms with E-state index in [1.54, 1.807) is 12.3 Å². The second-order valence-electron chi connectivity index (χ2n) is 4.36. The molecule has 3 rings (SSSR count). The third kappa shape index (κ3) is 1.94. The van der Waals surface area contributed by atoms with Gasteiger partial charge in [-0.25, -0.2) is 4.98 Å². The Bertz CT molecular complexity index is 622. The summed E-state index contributed by atoms with van der Waals surface area (Å²) in [5.41, 5.74) is 7.00. The van der Waals surface area contributed by atoms with Gasteiger partial charge in [0.25, 0.3) is 0 Å². The van der Waals surface area contributed by atoms with Crippen molar-refractivity contribution in [3.63, 3.8) is 0 Å². The Kier molecular flexibility index (Phi) is 2.89. The molecule has 6 heteroatoms. The van der Waals surface area contributed by atoms with Crippen LogP contribution in [0, 0.1) is 11.3 Å². The zero-order chi connectivity index (χ0) is 13.2. The van der Waals surface area contributed by atoms with E-state index in [-0.39, 0.29) is 6.10 Å². The molecule has 19 heavy (non-hydrogen) atoms. The van der Waals surface area contributed by atoms with Gasteiger partial charge < -0.3 is 10.5 Å². The fourth-order valence-electron chi connectivity index (χ4n) is 2.24. The maximum absolute atomic E-state index is 9.26. The maximum Gasteiger partial charge on any atom is 0.155 e. The standard InChI is InChI=1S/C13H13N5O/c14-8-9-12(10-4-3-7-19-10)17-18(13(9)15)11-5-1-2-6-16-11/h1-2,5-6,10H,3-4,7,15H2/t10-/m0/s1. The molecule has 2 aromatic heterocycles. The van der Waals surface area contributed by atoms with Gasteiger partial charge in [-0.05, 0) is 25.0 Å². The van der Waals surface area contributed by atoms with E-state index in [2.05, 4.69) is 16.2 Å². The molecule has 1 fully saturated rings. The zero-order valence-electron chi connectivity index (χ0n) is 10.3. The van der Waals surface area contributed by atoms with E-state index in [9.17, 15) is 5.26 Å². The molecule has 1 atom stereocenters. The van der Waals surface area contributed by atoms with Crippen LogP contribution in [0.3, 0.4) is 0 Å². The molecule has 0 saturated carbocycles. The second kappa shape index (κ2) is 4.71. The lowest BCUT2D eigenvalue weighted by atomic mass is 10.1. The van der Waals surface area contributed by atoms with Gasteiger partial charge in [-0.1, -0.05) is 6.07 Å². The average Bonchev–Trinajstić information content (AvgIpc) is 3.07. The number of rotatable bonds is 2. The molecule has 0 amide bonds. The summed E-state index contributed by atoms with van der Waals surface area (Å²) in [5.74, 6) is 0.910. The molecule has 2 N–H and O–H groups in total. The Morgan fingerprint density at radius 3 is 3.00 bits per heavy atom. The van der Waals surface area contributed by atoms with Crippen molar-refractivity contribution in [1.82, 2.24) is 14.8 Å². The highest BCUT2D eigenvalue weighted by atomic mass is 16.5. The van der Waals surface area contributed by atoms with Crippen LogP contribution in [0.25, 0.3) is 5.82 Å². The molecule has 6 nitrogen and oxygen atoms in total. The minimum Gasteiger partial charge on any atom is -0.382 e. The molecule has 3 heterocycles. The number of aromatic nitrogens is 3. The summed E-state index contributed by atoms with van der Waals surface area (Å²) < 4.78 is 7.08. The number of nitrogens with two attached hydrogens (primary N) is 1. The first-order valence-corrected chi connectivity index (χ1v) is 6.12. The number of hydrogen-bond donors (Lipinski definition) is 1. The average molecular weight is 255 g/mol. The fourth-order valence-corrected chi connectivity index (χ4v) is 2.24. The number of ether oxygens (including phenoxy) is 1. The zero-order valence-corrected chi connectivity index (χ0v) is 10.3. The van der Waals surface area contributed by atoms with Crippen molar-refractivity contribution in [2.24, 2.45) is 0 Å². The number of nitrogens with zero attached hydrogens (tertiary/aromatic N) is 4. The first kappa shape index (κ1) is 11.7. The van der Waals surface area contributed by atoms with Crippen LogP contribution in [-0.4, -0.2) is 21.4 Å². The largest absolute Gasteiger partial charge is 0.382 e. The Morgan fingerprint density at radius 1 is 1.47 bits per heavy atom. The van der Waals surface area contributed by atoms with Crippen molar-refractivity contribution in [2.75, 3.05) is 12.3 Å². The van der Waals surface area contributed by atoms with Crippen molar-refractivity contribution in [2.45, 2.75) is 18.9 Å². The van der Waals surface area contributed by atoms with Crippen LogP contribution >= 0.6 is 0 Å². The Hall–Kier alpha value is -2.39. The third-order valence-corrected chi connectivity index (χ3v) is 3.16. The van der Waals surface area contributed by atoms with Crippen molar-refractivity contribution in [3.05, 3.63) is 35.7 Å². The summed E-state index contributed by atoms with van der Waals surface area (Å²) in [7, 11) is 0. The molecule has 0 unspecified atom stereocenters. The van der Waals surface area contributed by atoms with Crippen molar-refractivity contribution >= 4 is 5.82 Å². The molecular weight excluding hydrogens is 242 g/mol. The Labute approximate surface area is 110 Å². The normalized spacial score (nSPS) is 18.4. The molecule has 0 bridgehead atoms. The van der Waals surface area contributed by atoms with Crippen LogP contribution in [0.4, 0.5) is 5.82 Å². The van der Waals surface area contributed by atoms with Gasteiger partial charge in [0.05, 0.1) is 0 Å². The molecule has 1 aliphatic rings. The van der Waals surface area contributed by atoms with Gasteiger partial charge in [0.2, 0.25) is 0 Å². The summed E-state index contributed by atoms with van der Waals surface area (Å²) in [5, 5.41) is 13.7. The minimum atomic E-state index is -0.137. The lowest BCUT2D eigenvalue weighted by molar-refractivity contribution is 0.108. The summed E-state index contributed by atoms with van der Waals surface area (Å²) in [6, 6.07) is 7.57. The number of hydrogen-bond acceptors (Lipinski definition) is 5. The third-order valence-electron chi connectivity index (χ3n) is 3.16. The quantitative estimate of drug-likeness (QED) is 0.879. The van der Waals surface area contributed by atoms with E-state index >= 15 is 0 Å². The van der Waals surface area contributed by atoms with Crippen LogP contribution in [0.5, 0.6) is 0 Å². The molecule has 96 valence electrons. The summed E-state index contributed by atoms with van der Waals surface area (Å²) in [6.07, 6.45) is 3.37. The summed E-state index contributed by atoms with van der Waals surface area (Å²) in [4.78, 5) is 4.20. The highest BCUT2D eigenvalue weighted by Crippen LogP contribution is 2.32. The van der Waals surface area contributed by atoms with Gasteiger partial charge in [0, 0.05) is 12.8 Å². The van der Waals surface area contributed by atoms with Gasteiger partial charge in [-0.2, -0.15) is 15.0 Å². The van der Waals surface area contributed by atoms with Gasteiger partial charge in [-0.3, -0.25) is 0 Å². The molecular formula is C13H13N5O. The van der Waals surface area contributed by atoms with Crippen molar-refractivity contribution in [3.8, 4) is 11.9 Å². The van der Waals surface area contributed by atoms with E-state index in [1.165, 1.54) is 4.68 Å². The fraction of sp³-hybridized carbons (Fsp3) is 0.308. The van der Waals surface area contributed by atoms with E-state index < -0.39 is 0 Å². The SMILES string of the molecule is N#Cc1c([C@@H]2CCCO2)nn(-c2ccccn2)c1N. The van der Waals surface area contributed by atoms with Crippen LogP contribution in [0.2, 0.25) is 0 Å². The van der Waals surface area contributed by atoms with Crippen molar-refractivity contribution in [1.29, 1.82) is 5.26 Å². The van der Waals surface area contributed by atoms with Crippen LogP contribution < -0.4 is 5.73 Å². The topological polar surface area (TPSA) is 89.8 Å². The van der Waals surface area contributed by atoms with E-state index in [0.29, 0.717) is 29.5 Å². The molecule has 1 saturated heterocycles. The summed E-state index contributed by atoms with van der Waals surface area (Å²) >= 11 is 0. The number of nitriles is 1. The van der Waals surface area contributed by atoms with Gasteiger partial charge in [0.15, 0.2) is 5.82 Å². The minimum absolute atomic E-state index is 0.137. The Balaban J connectivity index is 2.10. The lowest BCUT2D eigenvalue weighted by Gasteiger charge is -2.05. The smallest absolute Gasteiger partial charge is 0.155 e.